The second kappa shape index (κ2) is 6.70. The van der Waals surface area contributed by atoms with Gasteiger partial charge in [0.1, 0.15) is 10.8 Å². The van der Waals surface area contributed by atoms with Crippen molar-refractivity contribution in [2.24, 2.45) is 7.05 Å². The van der Waals surface area contributed by atoms with Gasteiger partial charge in [-0.1, -0.05) is 23.2 Å². The van der Waals surface area contributed by atoms with Crippen LogP contribution in [-0.2, 0) is 7.05 Å². The number of nitrogens with zero attached hydrogens (tertiary/aromatic N) is 1. The van der Waals surface area contributed by atoms with Crippen LogP contribution in [0.25, 0.3) is 0 Å². The van der Waals surface area contributed by atoms with Crippen molar-refractivity contribution >= 4 is 40.9 Å². The fourth-order valence-corrected chi connectivity index (χ4v) is 2.57. The highest BCUT2D eigenvalue weighted by Gasteiger charge is 2.21. The Morgan fingerprint density at radius 2 is 2.22 bits per heavy atom. The molecular formula is C11H16Cl2N2O2S. The molecule has 0 saturated carbocycles. The van der Waals surface area contributed by atoms with Gasteiger partial charge in [0.05, 0.1) is 11.6 Å². The maximum Gasteiger partial charge on any atom is 0.268 e. The molecule has 7 heteroatoms. The number of hydrogen-bond acceptors (Lipinski definition) is 3. The molecule has 0 aliphatic rings. The van der Waals surface area contributed by atoms with Crippen molar-refractivity contribution in [3.05, 3.63) is 21.9 Å². The number of aliphatic hydroxyl groups is 1. The molecule has 2 atom stereocenters. The van der Waals surface area contributed by atoms with E-state index < -0.39 is 0 Å². The molecule has 4 nitrogen and oxygen atoms in total. The van der Waals surface area contributed by atoms with Crippen LogP contribution in [0.3, 0.4) is 0 Å². The van der Waals surface area contributed by atoms with Crippen molar-refractivity contribution in [3.63, 3.8) is 0 Å². The number of aliphatic hydroxyl groups excluding tert-OH is 1. The number of aromatic nitrogens is 1. The summed E-state index contributed by atoms with van der Waals surface area (Å²) >= 11 is 13.3. The average molecular weight is 311 g/mol. The number of halogens is 2. The molecule has 0 bridgehead atoms. The van der Waals surface area contributed by atoms with E-state index in [1.807, 2.05) is 13.2 Å². The minimum absolute atomic E-state index is 0.0112. The second-order valence-electron chi connectivity index (χ2n) is 3.95. The minimum Gasteiger partial charge on any atom is -0.395 e. The van der Waals surface area contributed by atoms with Gasteiger partial charge in [0.2, 0.25) is 0 Å². The van der Waals surface area contributed by atoms with Crippen LogP contribution in [0.4, 0.5) is 0 Å². The summed E-state index contributed by atoms with van der Waals surface area (Å²) in [5, 5.41) is 12.6. The van der Waals surface area contributed by atoms with E-state index in [2.05, 4.69) is 5.32 Å². The Morgan fingerprint density at radius 3 is 2.61 bits per heavy atom. The fraction of sp³-hybridized carbons (Fsp3) is 0.545. The second-order valence-corrected chi connectivity index (χ2v) is 5.79. The number of carbonyl (C=O) groups is 1. The molecule has 2 N–H and O–H groups in total. The van der Waals surface area contributed by atoms with Crippen molar-refractivity contribution in [2.75, 3.05) is 12.9 Å². The molecule has 18 heavy (non-hydrogen) atoms. The van der Waals surface area contributed by atoms with Gasteiger partial charge in [0.25, 0.3) is 5.91 Å². The zero-order valence-corrected chi connectivity index (χ0v) is 12.7. The lowest BCUT2D eigenvalue weighted by molar-refractivity contribution is 0.0928. The number of nitrogens with one attached hydrogen (secondary N) is 1. The maximum absolute atomic E-state index is 12.0. The lowest BCUT2D eigenvalue weighted by Gasteiger charge is -2.21. The van der Waals surface area contributed by atoms with E-state index in [-0.39, 0.29) is 23.8 Å². The first-order valence-electron chi connectivity index (χ1n) is 5.37. The third-order valence-corrected chi connectivity index (χ3v) is 4.75. The molecule has 0 saturated heterocycles. The summed E-state index contributed by atoms with van der Waals surface area (Å²) in [6.45, 7) is 1.86. The summed E-state index contributed by atoms with van der Waals surface area (Å²) in [6, 6.07) is 1.38. The summed E-state index contributed by atoms with van der Waals surface area (Å²) in [6.07, 6.45) is 1.89. The molecule has 0 aliphatic heterocycles. The van der Waals surface area contributed by atoms with E-state index in [1.54, 1.807) is 7.05 Å². The Kier molecular flexibility index (Phi) is 5.85. The predicted octanol–water partition coefficient (Wildman–Crippen LogP) is 2.17. The summed E-state index contributed by atoms with van der Waals surface area (Å²) in [7, 11) is 1.67. The molecule has 0 radical (unpaired) electrons. The quantitative estimate of drug-likeness (QED) is 0.876. The van der Waals surface area contributed by atoms with Gasteiger partial charge in [-0.25, -0.2) is 0 Å². The van der Waals surface area contributed by atoms with Crippen LogP contribution in [-0.4, -0.2) is 39.7 Å². The minimum atomic E-state index is -0.258. The van der Waals surface area contributed by atoms with Crippen molar-refractivity contribution in [1.29, 1.82) is 0 Å². The molecule has 1 heterocycles. The molecule has 2 unspecified atom stereocenters. The van der Waals surface area contributed by atoms with Crippen LogP contribution < -0.4 is 5.32 Å². The third-order valence-electron chi connectivity index (χ3n) is 2.75. The Morgan fingerprint density at radius 1 is 1.61 bits per heavy atom. The van der Waals surface area contributed by atoms with Gasteiger partial charge >= 0.3 is 0 Å². The third kappa shape index (κ3) is 3.35. The van der Waals surface area contributed by atoms with Crippen molar-refractivity contribution < 1.29 is 9.90 Å². The van der Waals surface area contributed by atoms with Gasteiger partial charge in [0, 0.05) is 18.3 Å². The molecule has 1 aromatic heterocycles. The van der Waals surface area contributed by atoms with E-state index in [0.717, 1.165) is 0 Å². The molecule has 0 fully saturated rings. The van der Waals surface area contributed by atoms with E-state index >= 15 is 0 Å². The highest BCUT2D eigenvalue weighted by atomic mass is 35.5. The number of hydrogen-bond donors (Lipinski definition) is 2. The first-order chi connectivity index (χ1) is 8.42. The molecule has 1 aromatic rings. The summed E-state index contributed by atoms with van der Waals surface area (Å²) in [5.41, 5.74) is 0.398. The van der Waals surface area contributed by atoms with Crippen molar-refractivity contribution in [3.8, 4) is 0 Å². The smallest absolute Gasteiger partial charge is 0.268 e. The highest BCUT2D eigenvalue weighted by molar-refractivity contribution is 7.99. The normalized spacial score (nSPS) is 14.3. The van der Waals surface area contributed by atoms with E-state index in [1.165, 1.54) is 22.4 Å². The van der Waals surface area contributed by atoms with Gasteiger partial charge in [0.15, 0.2) is 0 Å². The van der Waals surface area contributed by atoms with E-state index in [0.29, 0.717) is 15.9 Å². The Hall–Kier alpha value is -0.360. The summed E-state index contributed by atoms with van der Waals surface area (Å²) in [5.74, 6) is -0.258. The first-order valence-corrected chi connectivity index (χ1v) is 7.42. The molecule has 1 amide bonds. The number of carbonyl (C=O) groups excluding carboxylic acids is 1. The van der Waals surface area contributed by atoms with E-state index in [9.17, 15) is 4.79 Å². The SMILES string of the molecule is CSC(CO)C(C)NC(=O)c1cc(Cl)c(Cl)n1C. The molecule has 1 rings (SSSR count). The van der Waals surface area contributed by atoms with Crippen molar-refractivity contribution in [2.45, 2.75) is 18.2 Å². The molecular weight excluding hydrogens is 295 g/mol. The topological polar surface area (TPSA) is 54.3 Å². The van der Waals surface area contributed by atoms with Gasteiger partial charge in [-0.2, -0.15) is 11.8 Å². The predicted molar refractivity (Wildman–Crippen MR) is 76.8 cm³/mol. The monoisotopic (exact) mass is 310 g/mol. The highest BCUT2D eigenvalue weighted by Crippen LogP contribution is 2.25. The first kappa shape index (κ1) is 15.7. The molecule has 102 valence electrons. The Balaban J connectivity index is 2.79. The zero-order valence-electron chi connectivity index (χ0n) is 10.4. The standard InChI is InChI=1S/C11H16Cl2N2O2S/c1-6(9(5-16)18-3)14-11(17)8-4-7(12)10(13)15(8)2/h4,6,9,16H,5H2,1-3H3,(H,14,17). The van der Waals surface area contributed by atoms with Gasteiger partial charge in [-0.05, 0) is 19.2 Å². The zero-order chi connectivity index (χ0) is 13.9. The van der Waals surface area contributed by atoms with Crippen LogP contribution in [0.1, 0.15) is 17.4 Å². The van der Waals surface area contributed by atoms with Crippen LogP contribution in [0.5, 0.6) is 0 Å². The van der Waals surface area contributed by atoms with Crippen LogP contribution in [0.2, 0.25) is 10.2 Å². The molecule has 0 aromatic carbocycles. The Bertz CT molecular complexity index is 433. The van der Waals surface area contributed by atoms with Gasteiger partial charge in [-0.3, -0.25) is 4.79 Å². The Labute approximate surface area is 121 Å². The lowest BCUT2D eigenvalue weighted by atomic mass is 10.2. The van der Waals surface area contributed by atoms with Crippen molar-refractivity contribution in [1.82, 2.24) is 9.88 Å². The molecule has 0 aliphatic carbocycles. The maximum atomic E-state index is 12.0. The largest absolute Gasteiger partial charge is 0.395 e. The summed E-state index contributed by atoms with van der Waals surface area (Å²) < 4.78 is 1.53. The van der Waals surface area contributed by atoms with Crippen LogP contribution in [0.15, 0.2) is 6.07 Å². The van der Waals surface area contributed by atoms with Crippen LogP contribution >= 0.6 is 35.0 Å². The molecule has 0 spiro atoms. The van der Waals surface area contributed by atoms with E-state index in [4.69, 9.17) is 28.3 Å². The number of amides is 1. The summed E-state index contributed by atoms with van der Waals surface area (Å²) in [4.78, 5) is 12.0. The van der Waals surface area contributed by atoms with Crippen LogP contribution in [0, 0.1) is 0 Å². The average Bonchev–Trinajstić information content (AvgIpc) is 2.58. The number of thioether (sulfide) groups is 1. The van der Waals surface area contributed by atoms with Gasteiger partial charge in [-0.15, -0.1) is 0 Å². The van der Waals surface area contributed by atoms with Gasteiger partial charge < -0.3 is 15.0 Å². The number of rotatable bonds is 5. The lowest BCUT2D eigenvalue weighted by Crippen LogP contribution is -2.41. The fourth-order valence-electron chi connectivity index (χ4n) is 1.57.